The van der Waals surface area contributed by atoms with Gasteiger partial charge in [0.1, 0.15) is 11.6 Å². The summed E-state index contributed by atoms with van der Waals surface area (Å²) in [6.07, 6.45) is 3.48. The largest absolute Gasteiger partial charge is 0.481 e. The first-order chi connectivity index (χ1) is 13.8. The Morgan fingerprint density at radius 2 is 1.79 bits per heavy atom. The zero-order valence-electron chi connectivity index (χ0n) is 15.5. The first kappa shape index (κ1) is 21.6. The number of carbonyl (C=O) groups excluding carboxylic acids is 1. The van der Waals surface area contributed by atoms with Crippen molar-refractivity contribution < 1.29 is 23.5 Å². The van der Waals surface area contributed by atoms with Crippen LogP contribution in [0.4, 0.5) is 14.5 Å². The van der Waals surface area contributed by atoms with Crippen molar-refractivity contribution in [1.29, 1.82) is 0 Å². The summed E-state index contributed by atoms with van der Waals surface area (Å²) in [6, 6.07) is 7.96. The van der Waals surface area contributed by atoms with Crippen LogP contribution in [0.25, 0.3) is 0 Å². The minimum Gasteiger partial charge on any atom is -0.481 e. The molecule has 0 heterocycles. The second-order valence-corrected chi connectivity index (χ2v) is 8.76. The van der Waals surface area contributed by atoms with E-state index in [4.69, 9.17) is 11.6 Å². The van der Waals surface area contributed by atoms with Crippen LogP contribution in [0.5, 0.6) is 0 Å². The Morgan fingerprint density at radius 3 is 2.52 bits per heavy atom. The first-order valence-electron chi connectivity index (χ1n) is 9.29. The minimum atomic E-state index is -0.776. The van der Waals surface area contributed by atoms with Gasteiger partial charge in [-0.15, -0.1) is 11.8 Å². The topological polar surface area (TPSA) is 66.4 Å². The Bertz CT molecular complexity index is 925. The van der Waals surface area contributed by atoms with E-state index in [2.05, 4.69) is 5.32 Å². The van der Waals surface area contributed by atoms with Crippen LogP contribution in [0, 0.1) is 17.6 Å². The molecule has 0 bridgehead atoms. The Labute approximate surface area is 176 Å². The highest BCUT2D eigenvalue weighted by molar-refractivity contribution is 8.00. The predicted octanol–water partition coefficient (Wildman–Crippen LogP) is 6.00. The number of benzene rings is 2. The van der Waals surface area contributed by atoms with Crippen molar-refractivity contribution in [2.45, 2.75) is 42.2 Å². The summed E-state index contributed by atoms with van der Waals surface area (Å²) >= 11 is 7.07. The molecule has 2 N–H and O–H groups in total. The van der Waals surface area contributed by atoms with Crippen LogP contribution in [0.3, 0.4) is 0 Å². The van der Waals surface area contributed by atoms with Gasteiger partial charge in [0.2, 0.25) is 0 Å². The Morgan fingerprint density at radius 1 is 1.03 bits per heavy atom. The van der Waals surface area contributed by atoms with E-state index in [1.807, 2.05) is 0 Å². The molecule has 8 heteroatoms. The van der Waals surface area contributed by atoms with Crippen LogP contribution >= 0.6 is 23.4 Å². The fourth-order valence-electron chi connectivity index (χ4n) is 3.32. The second-order valence-electron chi connectivity index (χ2n) is 7.01. The molecule has 1 aliphatic rings. The normalized spacial score (nSPS) is 19.4. The van der Waals surface area contributed by atoms with Crippen LogP contribution in [0.2, 0.25) is 5.02 Å². The average Bonchev–Trinajstić information content (AvgIpc) is 2.92. The number of amides is 1. The Hall–Kier alpha value is -2.12. The molecule has 0 saturated heterocycles. The van der Waals surface area contributed by atoms with E-state index in [1.165, 1.54) is 42.1 Å². The zero-order chi connectivity index (χ0) is 21.0. The van der Waals surface area contributed by atoms with E-state index in [0.29, 0.717) is 29.8 Å². The summed E-state index contributed by atoms with van der Waals surface area (Å²) < 4.78 is 27.6. The molecule has 1 amide bonds. The molecule has 2 aromatic carbocycles. The fourth-order valence-corrected chi connectivity index (χ4v) is 4.78. The second kappa shape index (κ2) is 9.59. The molecule has 0 aliphatic heterocycles. The van der Waals surface area contributed by atoms with Crippen molar-refractivity contribution in [3.8, 4) is 0 Å². The highest BCUT2D eigenvalue weighted by atomic mass is 35.5. The number of aliphatic carboxylic acids is 1. The number of carbonyl (C=O) groups is 2. The summed E-state index contributed by atoms with van der Waals surface area (Å²) in [4.78, 5) is 24.0. The maximum Gasteiger partial charge on any atom is 0.306 e. The monoisotopic (exact) mass is 439 g/mol. The standard InChI is InChI=1S/C21H20ClF2NO3S/c22-16-11-14(6-9-17(16)23)25-20(26)13-5-8-18(24)19(10-13)29-15-3-1-2-12(4-7-15)21(27)28/h5-6,8-12,15H,1-4,7H2,(H,25,26)(H,27,28). The molecule has 154 valence electrons. The molecule has 3 rings (SSSR count). The van der Waals surface area contributed by atoms with Gasteiger partial charge in [0, 0.05) is 21.4 Å². The number of hydrogen-bond donors (Lipinski definition) is 2. The van der Waals surface area contributed by atoms with Gasteiger partial charge in [-0.05, 0) is 62.1 Å². The van der Waals surface area contributed by atoms with Gasteiger partial charge in [0.15, 0.2) is 0 Å². The van der Waals surface area contributed by atoms with Crippen molar-refractivity contribution in [1.82, 2.24) is 0 Å². The van der Waals surface area contributed by atoms with Crippen LogP contribution in [-0.4, -0.2) is 22.2 Å². The average molecular weight is 440 g/mol. The lowest BCUT2D eigenvalue weighted by Gasteiger charge is -2.15. The minimum absolute atomic E-state index is 0.100. The summed E-state index contributed by atoms with van der Waals surface area (Å²) in [5.41, 5.74) is 0.606. The lowest BCUT2D eigenvalue weighted by atomic mass is 10.0. The van der Waals surface area contributed by atoms with Crippen LogP contribution in [0.15, 0.2) is 41.3 Å². The highest BCUT2D eigenvalue weighted by Gasteiger charge is 2.25. The van der Waals surface area contributed by atoms with Crippen molar-refractivity contribution in [2.75, 3.05) is 5.32 Å². The maximum atomic E-state index is 14.3. The van der Waals surface area contributed by atoms with Gasteiger partial charge in [-0.25, -0.2) is 8.78 Å². The third-order valence-electron chi connectivity index (χ3n) is 4.93. The van der Waals surface area contributed by atoms with Gasteiger partial charge in [-0.2, -0.15) is 0 Å². The zero-order valence-corrected chi connectivity index (χ0v) is 17.0. The molecule has 2 atom stereocenters. The molecule has 1 aliphatic carbocycles. The molecule has 0 spiro atoms. The third kappa shape index (κ3) is 5.70. The highest BCUT2D eigenvalue weighted by Crippen LogP contribution is 2.36. The number of anilines is 1. The van der Waals surface area contributed by atoms with Crippen LogP contribution in [-0.2, 0) is 4.79 Å². The van der Waals surface area contributed by atoms with Gasteiger partial charge in [-0.3, -0.25) is 9.59 Å². The molecule has 0 aromatic heterocycles. The van der Waals surface area contributed by atoms with Gasteiger partial charge in [0.05, 0.1) is 10.9 Å². The quantitative estimate of drug-likeness (QED) is 0.561. The summed E-state index contributed by atoms with van der Waals surface area (Å²) in [5.74, 6) is -2.58. The Balaban J connectivity index is 1.69. The molecule has 0 radical (unpaired) electrons. The SMILES string of the molecule is O=C(Nc1ccc(F)c(Cl)c1)c1ccc(F)c(SC2CCCC(C(=O)O)CC2)c1. The number of halogens is 3. The molecular weight excluding hydrogens is 420 g/mol. The number of thioether (sulfide) groups is 1. The van der Waals surface area contributed by atoms with Crippen LogP contribution < -0.4 is 5.32 Å². The lowest BCUT2D eigenvalue weighted by Crippen LogP contribution is -2.13. The molecule has 1 saturated carbocycles. The number of nitrogens with one attached hydrogen (secondary N) is 1. The molecular formula is C21H20ClF2NO3S. The van der Waals surface area contributed by atoms with Gasteiger partial charge in [0.25, 0.3) is 5.91 Å². The number of carboxylic acids is 1. The summed E-state index contributed by atoms with van der Waals surface area (Å²) in [7, 11) is 0. The van der Waals surface area contributed by atoms with Crippen molar-refractivity contribution in [3.05, 3.63) is 58.6 Å². The summed E-state index contributed by atoms with van der Waals surface area (Å²) in [5, 5.41) is 11.8. The van der Waals surface area contributed by atoms with E-state index in [-0.39, 0.29) is 21.8 Å². The molecule has 2 unspecified atom stereocenters. The van der Waals surface area contributed by atoms with E-state index < -0.39 is 23.5 Å². The summed E-state index contributed by atoms with van der Waals surface area (Å²) in [6.45, 7) is 0. The molecule has 29 heavy (non-hydrogen) atoms. The molecule has 4 nitrogen and oxygen atoms in total. The van der Waals surface area contributed by atoms with Crippen molar-refractivity contribution in [2.24, 2.45) is 5.92 Å². The van der Waals surface area contributed by atoms with E-state index >= 15 is 0 Å². The van der Waals surface area contributed by atoms with E-state index in [1.54, 1.807) is 0 Å². The number of carboxylic acid groups (broad SMARTS) is 1. The van der Waals surface area contributed by atoms with E-state index in [9.17, 15) is 23.5 Å². The smallest absolute Gasteiger partial charge is 0.306 e. The third-order valence-corrected chi connectivity index (χ3v) is 6.59. The van der Waals surface area contributed by atoms with E-state index in [0.717, 1.165) is 18.9 Å². The number of hydrogen-bond acceptors (Lipinski definition) is 3. The fraction of sp³-hybridized carbons (Fsp3) is 0.333. The number of rotatable bonds is 5. The van der Waals surface area contributed by atoms with Gasteiger partial charge in [-0.1, -0.05) is 18.0 Å². The van der Waals surface area contributed by atoms with Crippen molar-refractivity contribution in [3.63, 3.8) is 0 Å². The molecule has 2 aromatic rings. The lowest BCUT2D eigenvalue weighted by molar-refractivity contribution is -0.142. The molecule has 1 fully saturated rings. The van der Waals surface area contributed by atoms with Gasteiger partial charge < -0.3 is 10.4 Å². The van der Waals surface area contributed by atoms with Gasteiger partial charge >= 0.3 is 5.97 Å². The Kier molecular flexibility index (Phi) is 7.14. The predicted molar refractivity (Wildman–Crippen MR) is 110 cm³/mol. The van der Waals surface area contributed by atoms with Crippen molar-refractivity contribution >= 4 is 40.9 Å². The first-order valence-corrected chi connectivity index (χ1v) is 10.5. The van der Waals surface area contributed by atoms with Crippen LogP contribution in [0.1, 0.15) is 42.5 Å². The maximum absolute atomic E-state index is 14.3.